The minimum absolute atomic E-state index is 0.736. The summed E-state index contributed by atoms with van der Waals surface area (Å²) in [6.45, 7) is 0. The highest BCUT2D eigenvalue weighted by molar-refractivity contribution is 6.40. The number of rotatable bonds is 6. The molecule has 0 amide bonds. The number of nitrogens with zero attached hydrogens (tertiary/aromatic N) is 12. The Balaban J connectivity index is 0.940. The summed E-state index contributed by atoms with van der Waals surface area (Å²) in [7, 11) is 0. The van der Waals surface area contributed by atoms with Gasteiger partial charge in [0.2, 0.25) is 0 Å². The van der Waals surface area contributed by atoms with Gasteiger partial charge < -0.3 is 18.3 Å². The summed E-state index contributed by atoms with van der Waals surface area (Å²) in [5.74, 6) is 0. The Morgan fingerprint density at radius 2 is 0.490 bits per heavy atom. The molecule has 0 aliphatic heterocycles. The van der Waals surface area contributed by atoms with E-state index >= 15 is 0 Å². The van der Waals surface area contributed by atoms with Gasteiger partial charge in [0.05, 0.1) is 101 Å². The first kappa shape index (κ1) is 52.4. The third kappa shape index (κ3) is 6.64. The standard InChI is InChI=1S/C88H48N12/c1-9-25-69-55(17-1)56-18-2-10-26-70(56)95(69)51-41-63-65-45-53(97-73-29-13-5-21-59(73)60-22-6-14-30-74(60)97)47-91-87(65)99-83(63)67(43-51)77-81-82(94-80(50-35-39-90-40-36-50)79(93-81)49-33-37-89-38-34-49)78-68-44-52(96-71-27-11-3-19-57(71)58-20-4-12-28-72(58)96)42-64-66-46-54(48-92-88(66)100(84(64)68)86(78)85(77)99)98-75-31-15-7-23-61(75)62-24-8-16-32-76(62)98/h1-48H. The van der Waals surface area contributed by atoms with E-state index in [4.69, 9.17) is 19.9 Å². The highest BCUT2D eigenvalue weighted by Gasteiger charge is 2.33. The van der Waals surface area contributed by atoms with Gasteiger partial charge in [-0.3, -0.25) is 18.8 Å². The number of hydrogen-bond donors (Lipinski definition) is 0. The SMILES string of the molecule is c1ccc2c(c1)c1ccccc1n2-c1cnc2c(c1)c1cc(-n3c4ccccc4c4ccccc43)cc3c4c5nc(-c6ccncc6)c(-c6ccncc6)nc5c5c6cc(-n7c8ccccc8c8ccccc87)cc7c8cc(-n9c%10ccccc%10c%10ccccc%109)cnc8n(c76)c5c4n2c13. The first-order chi connectivity index (χ1) is 49.7. The van der Waals surface area contributed by atoms with Crippen LogP contribution in [0.2, 0.25) is 0 Å². The molecule has 24 aromatic rings. The fraction of sp³-hybridized carbons (Fsp3) is 0. The molecule has 0 saturated heterocycles. The van der Waals surface area contributed by atoms with Crippen LogP contribution in [0.5, 0.6) is 0 Å². The van der Waals surface area contributed by atoms with Gasteiger partial charge in [-0.1, -0.05) is 146 Å². The molecule has 0 bridgehead atoms. The van der Waals surface area contributed by atoms with Crippen molar-refractivity contribution in [3.8, 4) is 45.3 Å². The summed E-state index contributed by atoms with van der Waals surface area (Å²) >= 11 is 0. The van der Waals surface area contributed by atoms with Crippen molar-refractivity contribution < 1.29 is 0 Å². The van der Waals surface area contributed by atoms with Crippen molar-refractivity contribution in [2.75, 3.05) is 0 Å². The van der Waals surface area contributed by atoms with Gasteiger partial charge in [-0.05, 0) is 109 Å². The molecule has 0 saturated carbocycles. The Labute approximate surface area is 565 Å². The summed E-state index contributed by atoms with van der Waals surface area (Å²) < 4.78 is 14.6. The van der Waals surface area contributed by atoms with Crippen molar-refractivity contribution in [3.63, 3.8) is 0 Å². The van der Waals surface area contributed by atoms with Crippen LogP contribution in [0.15, 0.2) is 292 Å². The van der Waals surface area contributed by atoms with Crippen molar-refractivity contribution in [1.82, 2.24) is 57.0 Å². The number of fused-ring (bicyclic) bond motifs is 28. The maximum absolute atomic E-state index is 6.13. The zero-order valence-electron chi connectivity index (χ0n) is 53.1. The zero-order valence-corrected chi connectivity index (χ0v) is 53.1. The van der Waals surface area contributed by atoms with E-state index < -0.39 is 0 Å². The normalized spacial score (nSPS) is 12.6. The van der Waals surface area contributed by atoms with E-state index in [2.05, 4.69) is 280 Å². The minimum Gasteiger partial charge on any atom is -0.309 e. The maximum atomic E-state index is 6.13. The summed E-state index contributed by atoms with van der Waals surface area (Å²) in [6.07, 6.45) is 11.5. The van der Waals surface area contributed by atoms with Crippen LogP contribution in [0, 0.1) is 0 Å². The monoisotopic (exact) mass is 1270 g/mol. The van der Waals surface area contributed by atoms with Gasteiger partial charge in [-0.2, -0.15) is 0 Å². The van der Waals surface area contributed by atoms with E-state index in [0.29, 0.717) is 0 Å². The summed E-state index contributed by atoms with van der Waals surface area (Å²) in [5, 5.41) is 17.6. The first-order valence-electron chi connectivity index (χ1n) is 33.8. The quantitative estimate of drug-likeness (QED) is 0.164. The average molecular weight is 1270 g/mol. The van der Waals surface area contributed by atoms with Crippen LogP contribution in [-0.2, 0) is 0 Å². The molecule has 12 heteroatoms. The first-order valence-corrected chi connectivity index (χ1v) is 33.8. The molecule has 13 heterocycles. The van der Waals surface area contributed by atoms with Crippen molar-refractivity contribution >= 4 is 175 Å². The van der Waals surface area contributed by atoms with E-state index in [-0.39, 0.29) is 0 Å². The number of para-hydroxylation sites is 8. The average Bonchev–Trinajstić information content (AvgIpc) is 1.49. The van der Waals surface area contributed by atoms with Crippen LogP contribution in [0.25, 0.3) is 220 Å². The largest absolute Gasteiger partial charge is 0.309 e. The van der Waals surface area contributed by atoms with E-state index in [0.717, 1.165) is 177 Å². The highest BCUT2D eigenvalue weighted by Crippen LogP contribution is 2.53. The van der Waals surface area contributed by atoms with E-state index in [1.807, 2.05) is 49.1 Å². The predicted octanol–water partition coefficient (Wildman–Crippen LogP) is 21.2. The molecule has 24 rings (SSSR count). The molecule has 0 N–H and O–H groups in total. The molecule has 12 nitrogen and oxygen atoms in total. The van der Waals surface area contributed by atoms with Crippen LogP contribution < -0.4 is 0 Å². The third-order valence-electron chi connectivity index (χ3n) is 21.7. The summed E-state index contributed by atoms with van der Waals surface area (Å²) in [6, 6.07) is 92.6. The number of aromatic nitrogens is 12. The smallest absolute Gasteiger partial charge is 0.145 e. The number of pyridine rings is 4. The Morgan fingerprint density at radius 3 is 0.790 bits per heavy atom. The Bertz CT molecular complexity index is 7050. The van der Waals surface area contributed by atoms with Gasteiger partial charge in [0.15, 0.2) is 0 Å². The van der Waals surface area contributed by atoms with E-state index in [9.17, 15) is 0 Å². The van der Waals surface area contributed by atoms with Gasteiger partial charge in [0.1, 0.15) is 22.3 Å². The van der Waals surface area contributed by atoms with Crippen molar-refractivity contribution in [2.45, 2.75) is 0 Å². The fourth-order valence-electron chi connectivity index (χ4n) is 17.7. The fourth-order valence-corrected chi connectivity index (χ4v) is 17.7. The molecule has 0 aliphatic carbocycles. The van der Waals surface area contributed by atoms with Gasteiger partial charge in [-0.25, -0.2) is 19.9 Å². The number of benzene rings is 11. The number of hydrogen-bond acceptors (Lipinski definition) is 6. The lowest BCUT2D eigenvalue weighted by molar-refractivity contribution is 1.14. The lowest BCUT2D eigenvalue weighted by atomic mass is 10.00. The third-order valence-corrected chi connectivity index (χ3v) is 21.7. The topological polar surface area (TPSA) is 106 Å². The van der Waals surface area contributed by atoms with E-state index in [1.165, 1.54) is 43.1 Å². The Kier molecular flexibility index (Phi) is 9.96. The molecule has 0 atom stereocenters. The molecule has 0 aliphatic rings. The van der Waals surface area contributed by atoms with Gasteiger partial charge in [0.25, 0.3) is 0 Å². The Morgan fingerprint density at radius 1 is 0.230 bits per heavy atom. The second-order valence-corrected chi connectivity index (χ2v) is 26.6. The van der Waals surface area contributed by atoms with Crippen LogP contribution in [0.4, 0.5) is 0 Å². The minimum atomic E-state index is 0.736. The summed E-state index contributed by atoms with van der Waals surface area (Å²) in [5.41, 5.74) is 23.4. The van der Waals surface area contributed by atoms with Crippen LogP contribution in [-0.4, -0.2) is 57.0 Å². The zero-order chi connectivity index (χ0) is 64.7. The second-order valence-electron chi connectivity index (χ2n) is 26.6. The molecule has 13 aromatic heterocycles. The molecular formula is C88H48N12. The molecule has 0 spiro atoms. The van der Waals surface area contributed by atoms with Gasteiger partial charge >= 0.3 is 0 Å². The van der Waals surface area contributed by atoms with E-state index in [1.54, 1.807) is 0 Å². The van der Waals surface area contributed by atoms with Crippen molar-refractivity contribution in [3.05, 3.63) is 292 Å². The molecule has 100 heavy (non-hydrogen) atoms. The molecular weight excluding hydrogens is 1230 g/mol. The molecule has 11 aromatic carbocycles. The molecule has 0 radical (unpaired) electrons. The van der Waals surface area contributed by atoms with Crippen molar-refractivity contribution in [1.29, 1.82) is 0 Å². The van der Waals surface area contributed by atoms with Gasteiger partial charge in [0, 0.05) is 133 Å². The van der Waals surface area contributed by atoms with Crippen LogP contribution in [0.1, 0.15) is 0 Å². The Hall–Kier alpha value is -13.8. The predicted molar refractivity (Wildman–Crippen MR) is 408 cm³/mol. The molecule has 0 unspecified atom stereocenters. The second kappa shape index (κ2) is 19.0. The maximum Gasteiger partial charge on any atom is 0.145 e. The lowest BCUT2D eigenvalue weighted by Gasteiger charge is -2.14. The van der Waals surface area contributed by atoms with Gasteiger partial charge in [-0.15, -0.1) is 0 Å². The summed E-state index contributed by atoms with van der Waals surface area (Å²) in [4.78, 5) is 32.9. The van der Waals surface area contributed by atoms with Crippen molar-refractivity contribution in [2.24, 2.45) is 0 Å². The highest BCUT2D eigenvalue weighted by atomic mass is 15.1. The molecule has 0 fully saturated rings. The molecule has 460 valence electrons. The van der Waals surface area contributed by atoms with Crippen LogP contribution >= 0.6 is 0 Å². The van der Waals surface area contributed by atoms with Crippen LogP contribution in [0.3, 0.4) is 0 Å². The lowest BCUT2D eigenvalue weighted by Crippen LogP contribution is -1.99.